The van der Waals surface area contributed by atoms with Crippen LogP contribution in [0.15, 0.2) is 4.99 Å². The molecule has 1 rings (SSSR count). The summed E-state index contributed by atoms with van der Waals surface area (Å²) in [6.45, 7) is 5.08. The minimum atomic E-state index is 0.229. The molecular formula is C13H26N4O2. The van der Waals surface area contributed by atoms with Crippen molar-refractivity contribution in [2.24, 2.45) is 4.99 Å². The second-order valence-corrected chi connectivity index (χ2v) is 4.67. The van der Waals surface area contributed by atoms with Gasteiger partial charge in [-0.25, -0.2) is 0 Å². The molecule has 0 aromatic rings. The van der Waals surface area contributed by atoms with Crippen LogP contribution in [0.2, 0.25) is 0 Å². The molecule has 0 saturated carbocycles. The summed E-state index contributed by atoms with van der Waals surface area (Å²) in [5.41, 5.74) is 0. The summed E-state index contributed by atoms with van der Waals surface area (Å²) in [4.78, 5) is 17.7. The smallest absolute Gasteiger partial charge is 0.222 e. The largest absolute Gasteiger partial charge is 0.385 e. The quantitative estimate of drug-likeness (QED) is 0.411. The van der Waals surface area contributed by atoms with Crippen LogP contribution in [0, 0.1) is 0 Å². The molecule has 1 aliphatic heterocycles. The van der Waals surface area contributed by atoms with Gasteiger partial charge in [-0.1, -0.05) is 6.92 Å². The number of hydrogen-bond acceptors (Lipinski definition) is 3. The highest BCUT2D eigenvalue weighted by molar-refractivity contribution is 5.80. The van der Waals surface area contributed by atoms with Gasteiger partial charge in [0.05, 0.1) is 0 Å². The zero-order chi connectivity index (χ0) is 14.1. The Morgan fingerprint density at radius 1 is 1.53 bits per heavy atom. The van der Waals surface area contributed by atoms with Gasteiger partial charge in [-0.15, -0.1) is 0 Å². The van der Waals surface area contributed by atoms with Gasteiger partial charge in [0.1, 0.15) is 0 Å². The van der Waals surface area contributed by atoms with E-state index in [9.17, 15) is 4.79 Å². The van der Waals surface area contributed by atoms with Crippen molar-refractivity contribution in [1.82, 2.24) is 15.5 Å². The lowest BCUT2D eigenvalue weighted by molar-refractivity contribution is -0.129. The van der Waals surface area contributed by atoms with E-state index in [-0.39, 0.29) is 5.91 Å². The minimum Gasteiger partial charge on any atom is -0.385 e. The molecule has 19 heavy (non-hydrogen) atoms. The zero-order valence-electron chi connectivity index (χ0n) is 12.2. The molecule has 1 saturated heterocycles. The second kappa shape index (κ2) is 8.74. The predicted octanol–water partition coefficient (Wildman–Crippen LogP) is 0.199. The number of carbonyl (C=O) groups is 1. The highest BCUT2D eigenvalue weighted by atomic mass is 16.5. The van der Waals surface area contributed by atoms with E-state index in [0.29, 0.717) is 12.5 Å². The fourth-order valence-corrected chi connectivity index (χ4v) is 2.14. The average molecular weight is 270 g/mol. The number of likely N-dealkylation sites (tertiary alicyclic amines) is 1. The fourth-order valence-electron chi connectivity index (χ4n) is 2.14. The molecule has 1 fully saturated rings. The number of guanidine groups is 1. The molecule has 1 unspecified atom stereocenters. The van der Waals surface area contributed by atoms with Gasteiger partial charge in [0, 0.05) is 52.9 Å². The van der Waals surface area contributed by atoms with E-state index in [1.165, 1.54) is 0 Å². The van der Waals surface area contributed by atoms with Gasteiger partial charge in [0.15, 0.2) is 5.96 Å². The molecule has 0 spiro atoms. The molecule has 1 atom stereocenters. The van der Waals surface area contributed by atoms with Crippen molar-refractivity contribution in [2.45, 2.75) is 32.2 Å². The van der Waals surface area contributed by atoms with Gasteiger partial charge in [-0.3, -0.25) is 9.79 Å². The highest BCUT2D eigenvalue weighted by Crippen LogP contribution is 2.10. The molecule has 0 bridgehead atoms. The Labute approximate surface area is 115 Å². The summed E-state index contributed by atoms with van der Waals surface area (Å²) >= 11 is 0. The van der Waals surface area contributed by atoms with E-state index in [0.717, 1.165) is 45.0 Å². The number of nitrogens with zero attached hydrogens (tertiary/aromatic N) is 2. The van der Waals surface area contributed by atoms with Gasteiger partial charge in [-0.2, -0.15) is 0 Å². The van der Waals surface area contributed by atoms with E-state index in [1.54, 1.807) is 14.2 Å². The Hall–Kier alpha value is -1.30. The molecular weight excluding hydrogens is 244 g/mol. The summed E-state index contributed by atoms with van der Waals surface area (Å²) in [5, 5.41) is 6.60. The van der Waals surface area contributed by atoms with Crippen LogP contribution >= 0.6 is 0 Å². The Kier molecular flexibility index (Phi) is 7.25. The second-order valence-electron chi connectivity index (χ2n) is 4.67. The topological polar surface area (TPSA) is 66.0 Å². The van der Waals surface area contributed by atoms with Gasteiger partial charge in [0.25, 0.3) is 0 Å². The number of carbonyl (C=O) groups excluding carboxylic acids is 1. The number of nitrogens with one attached hydrogen (secondary N) is 2. The highest BCUT2D eigenvalue weighted by Gasteiger charge is 2.25. The maximum Gasteiger partial charge on any atom is 0.222 e. The molecule has 0 aromatic carbocycles. The molecule has 1 aliphatic rings. The van der Waals surface area contributed by atoms with Crippen LogP contribution in [0.4, 0.5) is 0 Å². The molecule has 0 aliphatic carbocycles. The van der Waals surface area contributed by atoms with Crippen LogP contribution in [0.5, 0.6) is 0 Å². The van der Waals surface area contributed by atoms with Crippen LogP contribution in [0.25, 0.3) is 0 Å². The maximum absolute atomic E-state index is 11.6. The number of ether oxygens (including phenoxy) is 1. The lowest BCUT2D eigenvalue weighted by Gasteiger charge is -2.18. The molecule has 0 radical (unpaired) electrons. The Balaban J connectivity index is 2.27. The summed E-state index contributed by atoms with van der Waals surface area (Å²) in [5.74, 6) is 1.03. The van der Waals surface area contributed by atoms with Gasteiger partial charge < -0.3 is 20.3 Å². The number of methoxy groups -OCH3 is 1. The number of amides is 1. The summed E-state index contributed by atoms with van der Waals surface area (Å²) in [6, 6.07) is 0.295. The van der Waals surface area contributed by atoms with Crippen LogP contribution in [-0.4, -0.2) is 63.2 Å². The maximum atomic E-state index is 11.6. The van der Waals surface area contributed by atoms with Crippen molar-refractivity contribution < 1.29 is 9.53 Å². The lowest BCUT2D eigenvalue weighted by atomic mass is 10.3. The van der Waals surface area contributed by atoms with Crippen molar-refractivity contribution in [3.63, 3.8) is 0 Å². The molecule has 6 nitrogen and oxygen atoms in total. The molecule has 110 valence electrons. The summed E-state index contributed by atoms with van der Waals surface area (Å²) in [6.07, 6.45) is 2.50. The Bertz CT molecular complexity index is 307. The van der Waals surface area contributed by atoms with E-state index < -0.39 is 0 Å². The molecule has 2 N–H and O–H groups in total. The van der Waals surface area contributed by atoms with E-state index in [4.69, 9.17) is 4.74 Å². The minimum absolute atomic E-state index is 0.229. The third kappa shape index (κ3) is 5.46. The number of hydrogen-bond donors (Lipinski definition) is 2. The van der Waals surface area contributed by atoms with E-state index in [1.807, 2.05) is 11.8 Å². The van der Waals surface area contributed by atoms with Gasteiger partial charge >= 0.3 is 0 Å². The third-order valence-corrected chi connectivity index (χ3v) is 3.23. The predicted molar refractivity (Wildman–Crippen MR) is 76.3 cm³/mol. The first-order valence-corrected chi connectivity index (χ1v) is 6.95. The van der Waals surface area contributed by atoms with Gasteiger partial charge in [-0.05, 0) is 12.8 Å². The first kappa shape index (κ1) is 15.8. The van der Waals surface area contributed by atoms with Crippen molar-refractivity contribution in [2.75, 3.05) is 40.4 Å². The van der Waals surface area contributed by atoms with Crippen molar-refractivity contribution in [3.8, 4) is 0 Å². The van der Waals surface area contributed by atoms with E-state index >= 15 is 0 Å². The van der Waals surface area contributed by atoms with Crippen LogP contribution < -0.4 is 10.6 Å². The number of rotatable bonds is 6. The molecule has 6 heteroatoms. The van der Waals surface area contributed by atoms with Crippen LogP contribution in [-0.2, 0) is 9.53 Å². The average Bonchev–Trinajstić information content (AvgIpc) is 2.89. The summed E-state index contributed by atoms with van der Waals surface area (Å²) in [7, 11) is 3.46. The van der Waals surface area contributed by atoms with Gasteiger partial charge in [0.2, 0.25) is 5.91 Å². The van der Waals surface area contributed by atoms with Crippen molar-refractivity contribution >= 4 is 11.9 Å². The molecule has 1 heterocycles. The normalized spacial score (nSPS) is 19.6. The standard InChI is InChI=1S/C13H26N4O2/c1-4-12(18)17-8-6-11(10-17)16-13(14-2)15-7-5-9-19-3/h11H,4-10H2,1-3H3,(H2,14,15,16). The summed E-state index contributed by atoms with van der Waals surface area (Å²) < 4.78 is 5.00. The van der Waals surface area contributed by atoms with Crippen molar-refractivity contribution in [3.05, 3.63) is 0 Å². The SMILES string of the molecule is CCC(=O)N1CCC(NC(=NC)NCCCOC)C1. The monoisotopic (exact) mass is 270 g/mol. The molecule has 0 aromatic heterocycles. The van der Waals surface area contributed by atoms with Crippen molar-refractivity contribution in [1.29, 1.82) is 0 Å². The third-order valence-electron chi connectivity index (χ3n) is 3.23. The lowest BCUT2D eigenvalue weighted by Crippen LogP contribution is -2.45. The first-order valence-electron chi connectivity index (χ1n) is 6.95. The van der Waals surface area contributed by atoms with E-state index in [2.05, 4.69) is 15.6 Å². The number of aliphatic imine (C=N–C) groups is 1. The fraction of sp³-hybridized carbons (Fsp3) is 0.846. The zero-order valence-corrected chi connectivity index (χ0v) is 12.2. The Morgan fingerprint density at radius 2 is 2.32 bits per heavy atom. The Morgan fingerprint density at radius 3 is 2.95 bits per heavy atom. The van der Waals surface area contributed by atoms with Crippen LogP contribution in [0.3, 0.4) is 0 Å². The first-order chi connectivity index (χ1) is 9.21. The molecule has 1 amide bonds. The van der Waals surface area contributed by atoms with Crippen LogP contribution in [0.1, 0.15) is 26.2 Å².